The van der Waals surface area contributed by atoms with Crippen LogP contribution in [0.1, 0.15) is 18.9 Å². The Morgan fingerprint density at radius 2 is 1.87 bits per heavy atom. The fraction of sp³-hybridized carbons (Fsp3) is 0.222. The molecule has 0 heterocycles. The number of amides is 1. The maximum atomic E-state index is 13.0. The van der Waals surface area contributed by atoms with Gasteiger partial charge in [0.15, 0.2) is 6.61 Å². The highest BCUT2D eigenvalue weighted by molar-refractivity contribution is 5.91. The van der Waals surface area contributed by atoms with Crippen LogP contribution in [0.25, 0.3) is 0 Å². The maximum Gasteiger partial charge on any atom is 0.262 e. The molecule has 5 heteroatoms. The van der Waals surface area contributed by atoms with Crippen LogP contribution in [0, 0.1) is 5.82 Å². The van der Waals surface area contributed by atoms with Crippen molar-refractivity contribution in [2.24, 2.45) is 0 Å². The number of carbonyl (C=O) groups excluding carboxylic acids is 2. The standard InChI is InChI=1S/C18H18FNO3/c1-13(21)5-6-14-7-9-17(10-8-14)23-12-18(22)20-16-4-2-3-15(19)11-16/h2-4,7-11H,5-6,12H2,1H3,(H,20,22). The topological polar surface area (TPSA) is 55.4 Å². The predicted molar refractivity (Wildman–Crippen MR) is 86.0 cm³/mol. The fourth-order valence-corrected chi connectivity index (χ4v) is 1.98. The molecule has 0 saturated heterocycles. The van der Waals surface area contributed by atoms with Gasteiger partial charge in [0, 0.05) is 12.1 Å². The van der Waals surface area contributed by atoms with Gasteiger partial charge in [-0.25, -0.2) is 4.39 Å². The molecule has 1 amide bonds. The van der Waals surface area contributed by atoms with Crippen molar-refractivity contribution in [1.82, 2.24) is 0 Å². The highest BCUT2D eigenvalue weighted by atomic mass is 19.1. The van der Waals surface area contributed by atoms with Gasteiger partial charge in [-0.2, -0.15) is 0 Å². The fourth-order valence-electron chi connectivity index (χ4n) is 1.98. The third-order valence-electron chi connectivity index (χ3n) is 3.17. The number of carbonyl (C=O) groups is 2. The molecule has 0 saturated carbocycles. The normalized spacial score (nSPS) is 10.2. The average molecular weight is 315 g/mol. The molecule has 0 atom stereocenters. The second-order valence-corrected chi connectivity index (χ2v) is 5.19. The van der Waals surface area contributed by atoms with Crippen LogP contribution in [0.2, 0.25) is 0 Å². The molecule has 23 heavy (non-hydrogen) atoms. The van der Waals surface area contributed by atoms with Gasteiger partial charge in [-0.05, 0) is 49.2 Å². The molecule has 0 aliphatic heterocycles. The highest BCUT2D eigenvalue weighted by Gasteiger charge is 2.05. The number of ketones is 1. The smallest absolute Gasteiger partial charge is 0.262 e. The van der Waals surface area contributed by atoms with Gasteiger partial charge in [-0.15, -0.1) is 0 Å². The zero-order chi connectivity index (χ0) is 16.7. The Labute approximate surface area is 134 Å². The number of hydrogen-bond acceptors (Lipinski definition) is 3. The van der Waals surface area contributed by atoms with E-state index in [-0.39, 0.29) is 18.3 Å². The Kier molecular flexibility index (Phi) is 5.86. The minimum absolute atomic E-state index is 0.152. The van der Waals surface area contributed by atoms with Gasteiger partial charge in [0.05, 0.1) is 0 Å². The summed E-state index contributed by atoms with van der Waals surface area (Å²) in [6.07, 6.45) is 1.20. The molecule has 0 aromatic heterocycles. The minimum atomic E-state index is -0.412. The van der Waals surface area contributed by atoms with Crippen LogP contribution in [-0.4, -0.2) is 18.3 Å². The van der Waals surface area contributed by atoms with E-state index in [1.807, 2.05) is 12.1 Å². The molecule has 2 aromatic rings. The Balaban J connectivity index is 1.81. The summed E-state index contributed by atoms with van der Waals surface area (Å²) in [5, 5.41) is 2.56. The SMILES string of the molecule is CC(=O)CCc1ccc(OCC(=O)Nc2cccc(F)c2)cc1. The van der Waals surface area contributed by atoms with Gasteiger partial charge in [0.25, 0.3) is 5.91 Å². The number of anilines is 1. The quantitative estimate of drug-likeness (QED) is 0.852. The van der Waals surface area contributed by atoms with Crippen LogP contribution in [0.5, 0.6) is 5.75 Å². The van der Waals surface area contributed by atoms with Crippen molar-refractivity contribution in [3.8, 4) is 5.75 Å². The van der Waals surface area contributed by atoms with Crippen LogP contribution in [0.4, 0.5) is 10.1 Å². The molecule has 2 rings (SSSR count). The van der Waals surface area contributed by atoms with Crippen molar-refractivity contribution in [3.05, 3.63) is 59.9 Å². The molecule has 0 fully saturated rings. The third-order valence-corrected chi connectivity index (χ3v) is 3.17. The lowest BCUT2D eigenvalue weighted by molar-refractivity contribution is -0.118. The van der Waals surface area contributed by atoms with Crippen molar-refractivity contribution in [2.75, 3.05) is 11.9 Å². The first-order valence-electron chi connectivity index (χ1n) is 7.29. The number of hydrogen-bond donors (Lipinski definition) is 1. The van der Waals surface area contributed by atoms with Gasteiger partial charge in [0.2, 0.25) is 0 Å². The molecule has 4 nitrogen and oxygen atoms in total. The van der Waals surface area contributed by atoms with Crippen molar-refractivity contribution in [2.45, 2.75) is 19.8 Å². The van der Waals surface area contributed by atoms with E-state index >= 15 is 0 Å². The van der Waals surface area contributed by atoms with E-state index in [0.29, 0.717) is 24.3 Å². The highest BCUT2D eigenvalue weighted by Crippen LogP contribution is 2.14. The Morgan fingerprint density at radius 1 is 1.13 bits per heavy atom. The van der Waals surface area contributed by atoms with E-state index in [0.717, 1.165) is 5.56 Å². The molecule has 0 bridgehead atoms. The van der Waals surface area contributed by atoms with Crippen molar-refractivity contribution in [3.63, 3.8) is 0 Å². The summed E-state index contributed by atoms with van der Waals surface area (Å²) >= 11 is 0. The van der Waals surface area contributed by atoms with Crippen molar-refractivity contribution in [1.29, 1.82) is 0 Å². The molecule has 0 spiro atoms. The number of Topliss-reactive ketones (excluding diaryl/α,β-unsaturated/α-hetero) is 1. The molecular weight excluding hydrogens is 297 g/mol. The molecular formula is C18H18FNO3. The summed E-state index contributed by atoms with van der Waals surface area (Å²) in [6.45, 7) is 1.40. The van der Waals surface area contributed by atoms with E-state index in [9.17, 15) is 14.0 Å². The van der Waals surface area contributed by atoms with E-state index < -0.39 is 5.82 Å². The van der Waals surface area contributed by atoms with E-state index in [1.54, 1.807) is 25.1 Å². The van der Waals surface area contributed by atoms with Gasteiger partial charge in [-0.3, -0.25) is 4.79 Å². The summed E-state index contributed by atoms with van der Waals surface area (Å²) in [5.74, 6) is -0.0635. The number of ether oxygens (including phenoxy) is 1. The van der Waals surface area contributed by atoms with Crippen LogP contribution in [0.3, 0.4) is 0 Å². The first kappa shape index (κ1) is 16.7. The molecule has 1 N–H and O–H groups in total. The van der Waals surface area contributed by atoms with E-state index in [4.69, 9.17) is 4.74 Å². The summed E-state index contributed by atoms with van der Waals surface area (Å²) in [5.41, 5.74) is 1.43. The van der Waals surface area contributed by atoms with Gasteiger partial charge >= 0.3 is 0 Å². The van der Waals surface area contributed by atoms with Gasteiger partial charge in [0.1, 0.15) is 17.3 Å². The summed E-state index contributed by atoms with van der Waals surface area (Å²) in [4.78, 5) is 22.7. The molecule has 0 aliphatic rings. The predicted octanol–water partition coefficient (Wildman–Crippen LogP) is 3.36. The second kappa shape index (κ2) is 8.08. The lowest BCUT2D eigenvalue weighted by Gasteiger charge is -2.08. The van der Waals surface area contributed by atoms with Gasteiger partial charge < -0.3 is 14.8 Å². The summed E-state index contributed by atoms with van der Waals surface area (Å²) in [6, 6.07) is 12.9. The summed E-state index contributed by atoms with van der Waals surface area (Å²) in [7, 11) is 0. The first-order chi connectivity index (χ1) is 11.0. The zero-order valence-corrected chi connectivity index (χ0v) is 12.8. The molecule has 0 aliphatic carbocycles. The largest absolute Gasteiger partial charge is 0.484 e. The Bertz CT molecular complexity index is 683. The van der Waals surface area contributed by atoms with Crippen molar-refractivity contribution >= 4 is 17.4 Å². The van der Waals surface area contributed by atoms with Crippen LogP contribution < -0.4 is 10.1 Å². The first-order valence-corrected chi connectivity index (χ1v) is 7.29. The summed E-state index contributed by atoms with van der Waals surface area (Å²) < 4.78 is 18.4. The molecule has 0 unspecified atom stereocenters. The lowest BCUT2D eigenvalue weighted by atomic mass is 10.1. The molecule has 0 radical (unpaired) electrons. The van der Waals surface area contributed by atoms with Crippen LogP contribution in [0.15, 0.2) is 48.5 Å². The van der Waals surface area contributed by atoms with E-state index in [2.05, 4.69) is 5.32 Å². The van der Waals surface area contributed by atoms with Crippen LogP contribution >= 0.6 is 0 Å². The minimum Gasteiger partial charge on any atom is -0.484 e. The van der Waals surface area contributed by atoms with Gasteiger partial charge in [-0.1, -0.05) is 18.2 Å². The molecule has 2 aromatic carbocycles. The Hall–Kier alpha value is -2.69. The number of halogens is 1. The zero-order valence-electron chi connectivity index (χ0n) is 12.8. The van der Waals surface area contributed by atoms with Crippen molar-refractivity contribution < 1.29 is 18.7 Å². The number of rotatable bonds is 7. The number of benzene rings is 2. The monoisotopic (exact) mass is 315 g/mol. The lowest BCUT2D eigenvalue weighted by Crippen LogP contribution is -2.20. The molecule has 120 valence electrons. The maximum absolute atomic E-state index is 13.0. The average Bonchev–Trinajstić information content (AvgIpc) is 2.52. The van der Waals surface area contributed by atoms with E-state index in [1.165, 1.54) is 18.2 Å². The number of aryl methyl sites for hydroxylation is 1. The Morgan fingerprint density at radius 3 is 2.52 bits per heavy atom. The van der Waals surface area contributed by atoms with Crippen LogP contribution in [-0.2, 0) is 16.0 Å². The number of nitrogens with one attached hydrogen (secondary N) is 1. The third kappa shape index (κ3) is 5.90. The second-order valence-electron chi connectivity index (χ2n) is 5.19.